The van der Waals surface area contributed by atoms with Gasteiger partial charge in [0.15, 0.2) is 0 Å². The van der Waals surface area contributed by atoms with Crippen LogP contribution in [0.1, 0.15) is 11.1 Å². The van der Waals surface area contributed by atoms with Crippen molar-refractivity contribution >= 4 is 21.6 Å². The van der Waals surface area contributed by atoms with Crippen LogP contribution in [0.3, 0.4) is 0 Å². The highest BCUT2D eigenvalue weighted by atomic mass is 32.2. The lowest BCUT2D eigenvalue weighted by Crippen LogP contribution is -2.34. The van der Waals surface area contributed by atoms with E-state index in [-0.39, 0.29) is 17.7 Å². The molecule has 0 spiro atoms. The van der Waals surface area contributed by atoms with Gasteiger partial charge in [0.2, 0.25) is 15.9 Å². The minimum absolute atomic E-state index is 0.214. The van der Waals surface area contributed by atoms with Gasteiger partial charge < -0.3 is 5.32 Å². The van der Waals surface area contributed by atoms with Crippen molar-refractivity contribution < 1.29 is 30.8 Å². The first-order chi connectivity index (χ1) is 12.5. The summed E-state index contributed by atoms with van der Waals surface area (Å²) in [6.07, 6.45) is -4.76. The Bertz CT molecular complexity index is 897. The summed E-state index contributed by atoms with van der Waals surface area (Å²) in [6, 6.07) is 10.8. The molecule has 0 aliphatic carbocycles. The van der Waals surface area contributed by atoms with Gasteiger partial charge in [0, 0.05) is 5.69 Å². The van der Waals surface area contributed by atoms with Crippen molar-refractivity contribution in [3.8, 4) is 0 Å². The van der Waals surface area contributed by atoms with Crippen LogP contribution in [0.25, 0.3) is 0 Å². The van der Waals surface area contributed by atoms with E-state index in [1.807, 2.05) is 0 Å². The predicted molar refractivity (Wildman–Crippen MR) is 91.9 cm³/mol. The zero-order valence-electron chi connectivity index (χ0n) is 13.9. The fourth-order valence-corrected chi connectivity index (χ4v) is 3.38. The van der Waals surface area contributed by atoms with E-state index in [1.54, 1.807) is 5.32 Å². The lowest BCUT2D eigenvalue weighted by atomic mass is 10.1. The Kier molecular flexibility index (Phi) is 6.42. The topological polar surface area (TPSA) is 75.3 Å². The number of hydrogen-bond donors (Lipinski definition) is 2. The summed E-state index contributed by atoms with van der Waals surface area (Å²) in [7, 11) is -3.79. The summed E-state index contributed by atoms with van der Waals surface area (Å²) in [5.74, 6) is -1.77. The average Bonchev–Trinajstić information content (AvgIpc) is 2.53. The third kappa shape index (κ3) is 7.65. The van der Waals surface area contributed by atoms with Crippen molar-refractivity contribution in [2.75, 3.05) is 11.3 Å². The molecule has 2 aromatic rings. The van der Waals surface area contributed by atoms with Gasteiger partial charge in [-0.3, -0.25) is 9.52 Å². The minimum atomic E-state index is -4.49. The van der Waals surface area contributed by atoms with E-state index in [4.69, 9.17) is 0 Å². The van der Waals surface area contributed by atoms with E-state index < -0.39 is 40.2 Å². The molecule has 0 bridgehead atoms. The molecular formula is C17H16F4N2O3S. The molecule has 0 aliphatic rings. The van der Waals surface area contributed by atoms with Gasteiger partial charge in [-0.15, -0.1) is 0 Å². The van der Waals surface area contributed by atoms with E-state index in [2.05, 4.69) is 4.72 Å². The Hall–Kier alpha value is -2.62. The first kappa shape index (κ1) is 20.7. The first-order valence-electron chi connectivity index (χ1n) is 7.70. The summed E-state index contributed by atoms with van der Waals surface area (Å²) in [5.41, 5.74) is 0.911. The number of nitrogens with one attached hydrogen (secondary N) is 2. The molecule has 0 unspecified atom stereocenters. The summed E-state index contributed by atoms with van der Waals surface area (Å²) in [6.45, 7) is -1.41. The second kappa shape index (κ2) is 8.38. The number of sulfonamides is 1. The molecule has 0 fully saturated rings. The fraction of sp³-hybridized carbons (Fsp3) is 0.235. The normalized spacial score (nSPS) is 11.9. The van der Waals surface area contributed by atoms with Crippen LogP contribution in [0.2, 0.25) is 0 Å². The predicted octanol–water partition coefficient (Wildman–Crippen LogP) is 2.99. The Morgan fingerprint density at radius 1 is 1.00 bits per heavy atom. The number of rotatable bonds is 7. The van der Waals surface area contributed by atoms with E-state index >= 15 is 0 Å². The molecule has 0 heterocycles. The third-order valence-electron chi connectivity index (χ3n) is 3.32. The van der Waals surface area contributed by atoms with Crippen molar-refractivity contribution in [1.82, 2.24) is 5.32 Å². The third-order valence-corrected chi connectivity index (χ3v) is 4.58. The molecule has 0 aromatic heterocycles. The van der Waals surface area contributed by atoms with Crippen molar-refractivity contribution in [1.29, 1.82) is 0 Å². The molecule has 0 atom stereocenters. The van der Waals surface area contributed by atoms with Crippen LogP contribution in [0.4, 0.5) is 23.2 Å². The van der Waals surface area contributed by atoms with Gasteiger partial charge >= 0.3 is 6.18 Å². The van der Waals surface area contributed by atoms with Gasteiger partial charge in [0.1, 0.15) is 12.4 Å². The van der Waals surface area contributed by atoms with Crippen LogP contribution in [0.15, 0.2) is 48.5 Å². The molecular weight excluding hydrogens is 388 g/mol. The molecule has 0 saturated heterocycles. The number of amides is 1. The summed E-state index contributed by atoms with van der Waals surface area (Å²) < 4.78 is 75.8. The largest absolute Gasteiger partial charge is 0.405 e. The number of carbonyl (C=O) groups excluding carboxylic acids is 1. The van der Waals surface area contributed by atoms with E-state index in [0.717, 1.165) is 6.07 Å². The zero-order valence-corrected chi connectivity index (χ0v) is 14.7. The minimum Gasteiger partial charge on any atom is -0.347 e. The van der Waals surface area contributed by atoms with E-state index in [1.165, 1.54) is 42.5 Å². The molecule has 10 heteroatoms. The van der Waals surface area contributed by atoms with Crippen LogP contribution in [-0.2, 0) is 27.0 Å². The number of benzene rings is 2. The van der Waals surface area contributed by atoms with Crippen LogP contribution in [0.5, 0.6) is 0 Å². The molecule has 1 amide bonds. The van der Waals surface area contributed by atoms with Crippen molar-refractivity contribution in [2.45, 2.75) is 18.3 Å². The van der Waals surface area contributed by atoms with Crippen molar-refractivity contribution in [2.24, 2.45) is 0 Å². The van der Waals surface area contributed by atoms with Crippen molar-refractivity contribution in [3.63, 3.8) is 0 Å². The maximum atomic E-state index is 13.1. The van der Waals surface area contributed by atoms with Gasteiger partial charge in [0.05, 0.1) is 12.2 Å². The number of carbonyl (C=O) groups is 1. The summed E-state index contributed by atoms with van der Waals surface area (Å²) in [5, 5.41) is 1.75. The van der Waals surface area contributed by atoms with Crippen LogP contribution in [-0.4, -0.2) is 27.0 Å². The highest BCUT2D eigenvalue weighted by Gasteiger charge is 2.27. The second-order valence-electron chi connectivity index (χ2n) is 5.76. The number of halogens is 4. The van der Waals surface area contributed by atoms with Crippen molar-refractivity contribution in [3.05, 3.63) is 65.5 Å². The van der Waals surface area contributed by atoms with Crippen LogP contribution >= 0.6 is 0 Å². The maximum absolute atomic E-state index is 13.1. The Labute approximate surface area is 153 Å². The summed E-state index contributed by atoms with van der Waals surface area (Å²) >= 11 is 0. The second-order valence-corrected chi connectivity index (χ2v) is 7.48. The van der Waals surface area contributed by atoms with Gasteiger partial charge in [0.25, 0.3) is 0 Å². The molecule has 0 saturated carbocycles. The number of alkyl halides is 3. The molecule has 0 radical (unpaired) electrons. The highest BCUT2D eigenvalue weighted by Crippen LogP contribution is 2.16. The number of anilines is 1. The molecule has 27 heavy (non-hydrogen) atoms. The summed E-state index contributed by atoms with van der Waals surface area (Å²) in [4.78, 5) is 11.5. The molecule has 0 aliphatic heterocycles. The van der Waals surface area contributed by atoms with Crippen LogP contribution in [0, 0.1) is 5.82 Å². The average molecular weight is 404 g/mol. The Morgan fingerprint density at radius 3 is 2.26 bits per heavy atom. The molecule has 146 valence electrons. The van der Waals surface area contributed by atoms with E-state index in [0.29, 0.717) is 5.56 Å². The van der Waals surface area contributed by atoms with Gasteiger partial charge in [-0.1, -0.05) is 24.3 Å². The highest BCUT2D eigenvalue weighted by molar-refractivity contribution is 7.91. The zero-order chi connectivity index (χ0) is 20.1. The first-order valence-corrected chi connectivity index (χ1v) is 9.35. The molecule has 2 rings (SSSR count). The number of hydrogen-bond acceptors (Lipinski definition) is 3. The molecule has 2 aromatic carbocycles. The van der Waals surface area contributed by atoms with Crippen LogP contribution < -0.4 is 10.0 Å². The lowest BCUT2D eigenvalue weighted by molar-refractivity contribution is -0.138. The van der Waals surface area contributed by atoms with E-state index in [9.17, 15) is 30.8 Å². The van der Waals surface area contributed by atoms with Gasteiger partial charge in [-0.25, -0.2) is 12.8 Å². The fourth-order valence-electron chi connectivity index (χ4n) is 2.20. The molecule has 2 N–H and O–H groups in total. The maximum Gasteiger partial charge on any atom is 0.405 e. The Balaban J connectivity index is 1.93. The molecule has 5 nitrogen and oxygen atoms in total. The van der Waals surface area contributed by atoms with Gasteiger partial charge in [-0.05, 0) is 35.4 Å². The SMILES string of the molecule is O=C(Cc1ccc(NS(=O)(=O)Cc2cccc(F)c2)cc1)NCC(F)(F)F. The Morgan fingerprint density at radius 2 is 1.67 bits per heavy atom. The quantitative estimate of drug-likeness (QED) is 0.697. The lowest BCUT2D eigenvalue weighted by Gasteiger charge is -2.10. The monoisotopic (exact) mass is 404 g/mol. The van der Waals surface area contributed by atoms with Gasteiger partial charge in [-0.2, -0.15) is 13.2 Å². The smallest absolute Gasteiger partial charge is 0.347 e. The standard InChI is InChI=1S/C17H16F4N2O3S/c18-14-3-1-2-13(8-14)10-27(25,26)23-15-6-4-12(5-7-15)9-16(24)22-11-17(19,20)21/h1-8,23H,9-11H2,(H,22,24).